The van der Waals surface area contributed by atoms with E-state index in [4.69, 9.17) is 4.84 Å². The molecule has 6 heavy (non-hydrogen) atoms. The van der Waals surface area contributed by atoms with Gasteiger partial charge in [-0.15, -0.1) is 0 Å². The fourth-order valence-corrected chi connectivity index (χ4v) is 0.395. The van der Waals surface area contributed by atoms with E-state index in [0.29, 0.717) is 0 Å². The Labute approximate surface area is 36.8 Å². The second-order valence-electron chi connectivity index (χ2n) is 1.29. The minimum atomic E-state index is 0.843. The Bertz CT molecular complexity index is 61.9. The number of rotatable bonds is 0. The van der Waals surface area contributed by atoms with E-state index in [1.54, 1.807) is 0 Å². The first-order chi connectivity index (χ1) is 2.89. The Morgan fingerprint density at radius 3 is 2.83 bits per heavy atom. The van der Waals surface area contributed by atoms with Crippen molar-refractivity contribution in [1.82, 2.24) is 5.48 Å². The molecule has 2 nitrogen and oxygen atoms in total. The van der Waals surface area contributed by atoms with Crippen molar-refractivity contribution in [3.8, 4) is 0 Å². The number of hydroxylamine groups is 1. The smallest absolute Gasteiger partial charge is 0.118 e. The van der Waals surface area contributed by atoms with Gasteiger partial charge in [0.2, 0.25) is 0 Å². The molecule has 1 aliphatic heterocycles. The summed E-state index contributed by atoms with van der Waals surface area (Å²) in [5, 5.41) is 0. The van der Waals surface area contributed by atoms with Crippen molar-refractivity contribution in [3.05, 3.63) is 12.3 Å². The van der Waals surface area contributed by atoms with Crippen LogP contribution in [-0.4, -0.2) is 6.54 Å². The normalized spacial score (nSPS) is 21.0. The summed E-state index contributed by atoms with van der Waals surface area (Å²) in [5.74, 6) is 0.843. The lowest BCUT2D eigenvalue weighted by Gasteiger charge is -1.87. The highest BCUT2D eigenvalue weighted by molar-refractivity contribution is 4.85. The van der Waals surface area contributed by atoms with Gasteiger partial charge in [0.1, 0.15) is 5.76 Å². The average molecular weight is 85.1 g/mol. The Morgan fingerprint density at radius 2 is 2.67 bits per heavy atom. The quantitative estimate of drug-likeness (QED) is 0.460. The first kappa shape index (κ1) is 3.68. The van der Waals surface area contributed by atoms with E-state index in [1.165, 1.54) is 0 Å². The topological polar surface area (TPSA) is 21.3 Å². The van der Waals surface area contributed by atoms with Crippen LogP contribution in [0.25, 0.3) is 0 Å². The van der Waals surface area contributed by atoms with Gasteiger partial charge in [-0.2, -0.15) is 5.48 Å². The third kappa shape index (κ3) is 0.518. The van der Waals surface area contributed by atoms with Crippen LogP contribution in [0.4, 0.5) is 0 Å². The lowest BCUT2D eigenvalue weighted by molar-refractivity contribution is 0.157. The maximum absolute atomic E-state index is 4.71. The van der Waals surface area contributed by atoms with Gasteiger partial charge in [0.15, 0.2) is 0 Å². The molecule has 1 saturated heterocycles. The van der Waals surface area contributed by atoms with Crippen LogP contribution in [-0.2, 0) is 4.84 Å². The molecule has 34 valence electrons. The number of nitrogens with one attached hydrogen (secondary N) is 1. The largest absolute Gasteiger partial charge is 0.414 e. The third-order valence-corrected chi connectivity index (χ3v) is 0.722. The van der Waals surface area contributed by atoms with Gasteiger partial charge in [0.05, 0.1) is 0 Å². The van der Waals surface area contributed by atoms with Crippen LogP contribution in [0.15, 0.2) is 12.3 Å². The summed E-state index contributed by atoms with van der Waals surface area (Å²) in [6.45, 7) is 4.48. The van der Waals surface area contributed by atoms with Gasteiger partial charge in [-0.3, -0.25) is 0 Å². The molecule has 1 aliphatic rings. The lowest BCUT2D eigenvalue weighted by atomic mass is 10.4. The zero-order valence-electron chi connectivity index (χ0n) is 3.53. The molecular weight excluding hydrogens is 78.0 g/mol. The summed E-state index contributed by atoms with van der Waals surface area (Å²) >= 11 is 0. The van der Waals surface area contributed by atoms with Crippen LogP contribution in [0.1, 0.15) is 6.42 Å². The molecule has 0 atom stereocenters. The molecular formula is C4H7NO. The van der Waals surface area contributed by atoms with E-state index in [2.05, 4.69) is 12.1 Å². The van der Waals surface area contributed by atoms with E-state index >= 15 is 0 Å². The van der Waals surface area contributed by atoms with Gasteiger partial charge in [0, 0.05) is 13.0 Å². The molecule has 1 fully saturated rings. The second-order valence-corrected chi connectivity index (χ2v) is 1.29. The summed E-state index contributed by atoms with van der Waals surface area (Å²) in [7, 11) is 0. The van der Waals surface area contributed by atoms with Crippen molar-refractivity contribution in [1.29, 1.82) is 0 Å². The van der Waals surface area contributed by atoms with E-state index < -0.39 is 0 Å². The summed E-state index contributed by atoms with van der Waals surface area (Å²) in [6.07, 6.45) is 0.958. The molecule has 1 N–H and O–H groups in total. The molecule has 0 unspecified atom stereocenters. The minimum absolute atomic E-state index is 0.843. The Morgan fingerprint density at radius 1 is 1.83 bits per heavy atom. The van der Waals surface area contributed by atoms with Crippen molar-refractivity contribution in [2.75, 3.05) is 6.54 Å². The molecule has 1 rings (SSSR count). The van der Waals surface area contributed by atoms with Crippen LogP contribution in [0.3, 0.4) is 0 Å². The van der Waals surface area contributed by atoms with Gasteiger partial charge >= 0.3 is 0 Å². The number of hydrogen-bond donors (Lipinski definition) is 1. The first-order valence-corrected chi connectivity index (χ1v) is 1.97. The minimum Gasteiger partial charge on any atom is -0.414 e. The predicted octanol–water partition coefficient (Wildman–Crippen LogP) is 0.425. The molecule has 0 radical (unpaired) electrons. The molecule has 0 spiro atoms. The van der Waals surface area contributed by atoms with Gasteiger partial charge in [-0.05, 0) is 0 Å². The van der Waals surface area contributed by atoms with Gasteiger partial charge in [-0.25, -0.2) is 0 Å². The fourth-order valence-electron chi connectivity index (χ4n) is 0.395. The first-order valence-electron chi connectivity index (χ1n) is 1.97. The molecule has 2 heteroatoms. The second kappa shape index (κ2) is 1.30. The maximum Gasteiger partial charge on any atom is 0.118 e. The van der Waals surface area contributed by atoms with Gasteiger partial charge < -0.3 is 4.84 Å². The fraction of sp³-hybridized carbons (Fsp3) is 0.500. The van der Waals surface area contributed by atoms with E-state index in [1.807, 2.05) is 0 Å². The molecule has 0 saturated carbocycles. The maximum atomic E-state index is 4.71. The van der Waals surface area contributed by atoms with Crippen molar-refractivity contribution in [3.63, 3.8) is 0 Å². The highest BCUT2D eigenvalue weighted by atomic mass is 16.7. The molecule has 0 aromatic carbocycles. The summed E-state index contributed by atoms with van der Waals surface area (Å²) in [4.78, 5) is 4.71. The Hall–Kier alpha value is -0.500. The van der Waals surface area contributed by atoms with Crippen molar-refractivity contribution in [2.24, 2.45) is 0 Å². The van der Waals surface area contributed by atoms with Crippen molar-refractivity contribution < 1.29 is 4.84 Å². The molecule has 0 aromatic heterocycles. The lowest BCUT2D eigenvalue weighted by Crippen LogP contribution is -2.01. The average Bonchev–Trinajstić information content (AvgIpc) is 1.86. The van der Waals surface area contributed by atoms with Crippen molar-refractivity contribution >= 4 is 0 Å². The SMILES string of the molecule is C=C1CCNO1. The molecule has 1 heterocycles. The molecule has 0 aromatic rings. The predicted molar refractivity (Wildman–Crippen MR) is 22.8 cm³/mol. The molecule has 0 amide bonds. The molecule has 0 aliphatic carbocycles. The van der Waals surface area contributed by atoms with Crippen LogP contribution in [0.5, 0.6) is 0 Å². The zero-order valence-corrected chi connectivity index (χ0v) is 3.53. The monoisotopic (exact) mass is 85.1 g/mol. The summed E-state index contributed by atoms with van der Waals surface area (Å²) < 4.78 is 0. The van der Waals surface area contributed by atoms with Crippen LogP contribution in [0.2, 0.25) is 0 Å². The van der Waals surface area contributed by atoms with E-state index in [0.717, 1.165) is 18.7 Å². The van der Waals surface area contributed by atoms with E-state index in [-0.39, 0.29) is 0 Å². The van der Waals surface area contributed by atoms with Gasteiger partial charge in [-0.1, -0.05) is 6.58 Å². The van der Waals surface area contributed by atoms with Crippen LogP contribution in [0, 0.1) is 0 Å². The van der Waals surface area contributed by atoms with E-state index in [9.17, 15) is 0 Å². The zero-order chi connectivity index (χ0) is 4.41. The highest BCUT2D eigenvalue weighted by Crippen LogP contribution is 2.01. The summed E-state index contributed by atoms with van der Waals surface area (Å²) in [5.41, 5.74) is 2.67. The number of hydrogen-bond acceptors (Lipinski definition) is 2. The Kier molecular flexibility index (Phi) is 0.801. The summed E-state index contributed by atoms with van der Waals surface area (Å²) in [6, 6.07) is 0. The Balaban J connectivity index is 2.37. The standard InChI is InChI=1S/C4H7NO/c1-4-2-3-5-6-4/h5H,1-3H2. The van der Waals surface area contributed by atoms with Crippen LogP contribution >= 0.6 is 0 Å². The third-order valence-electron chi connectivity index (χ3n) is 0.722. The van der Waals surface area contributed by atoms with Crippen LogP contribution < -0.4 is 5.48 Å². The van der Waals surface area contributed by atoms with Gasteiger partial charge in [0.25, 0.3) is 0 Å². The highest BCUT2D eigenvalue weighted by Gasteiger charge is 2.00. The van der Waals surface area contributed by atoms with Crippen molar-refractivity contribution in [2.45, 2.75) is 6.42 Å². The molecule has 0 bridgehead atoms.